The molecule has 1 aromatic heterocycles. The molecule has 0 unspecified atom stereocenters. The summed E-state index contributed by atoms with van der Waals surface area (Å²) in [5, 5.41) is 9.16. The molecular formula is C19H26N4O2. The number of aromatic nitrogens is 1. The monoisotopic (exact) mass is 342 g/mol. The predicted molar refractivity (Wildman–Crippen MR) is 95.4 cm³/mol. The molecule has 0 aliphatic carbocycles. The minimum atomic E-state index is -0.346. The summed E-state index contributed by atoms with van der Waals surface area (Å²) < 4.78 is 0. The van der Waals surface area contributed by atoms with E-state index in [1.807, 2.05) is 17.9 Å². The van der Waals surface area contributed by atoms with Crippen LogP contribution in [0.15, 0.2) is 4.79 Å². The number of carbonyl (C=O) groups is 1. The smallest absolute Gasteiger partial charge is 0.266 e. The molecule has 0 aromatic carbocycles. The molecule has 1 N–H and O–H groups in total. The second-order valence-electron chi connectivity index (χ2n) is 7.19. The molecule has 2 aliphatic rings. The van der Waals surface area contributed by atoms with E-state index in [-0.39, 0.29) is 17.0 Å². The Bertz CT molecular complexity index is 762. The Morgan fingerprint density at radius 3 is 2.84 bits per heavy atom. The van der Waals surface area contributed by atoms with Gasteiger partial charge in [0, 0.05) is 37.8 Å². The van der Waals surface area contributed by atoms with E-state index in [4.69, 9.17) is 5.26 Å². The number of aromatic amines is 1. The van der Waals surface area contributed by atoms with Crippen molar-refractivity contribution < 1.29 is 4.79 Å². The summed E-state index contributed by atoms with van der Waals surface area (Å²) in [6.45, 7) is 7.41. The van der Waals surface area contributed by atoms with Gasteiger partial charge >= 0.3 is 0 Å². The molecule has 1 aromatic rings. The molecule has 0 bridgehead atoms. The number of piperidine rings is 1. The van der Waals surface area contributed by atoms with Gasteiger partial charge in [-0.3, -0.25) is 14.5 Å². The lowest BCUT2D eigenvalue weighted by Gasteiger charge is -2.44. The Balaban J connectivity index is 1.65. The number of hydrogen-bond donors (Lipinski definition) is 1. The van der Waals surface area contributed by atoms with E-state index >= 15 is 0 Å². The fraction of sp³-hybridized carbons (Fsp3) is 0.632. The van der Waals surface area contributed by atoms with Crippen LogP contribution in [0.5, 0.6) is 0 Å². The number of piperazine rings is 1. The van der Waals surface area contributed by atoms with Crippen LogP contribution >= 0.6 is 0 Å². The van der Waals surface area contributed by atoms with Crippen LogP contribution in [0.4, 0.5) is 0 Å². The van der Waals surface area contributed by atoms with Crippen LogP contribution in [0.2, 0.25) is 0 Å². The standard InChI is InChI=1S/C19H26N4O2/c1-13-16(14(2)21-19(25)17(13)11-20)6-7-18(24)23-10-9-22-8-4-3-5-15(22)12-23/h15H,3-10,12H2,1-2H3,(H,21,25)/t15-/m1/s1. The maximum atomic E-state index is 12.7. The molecule has 2 saturated heterocycles. The van der Waals surface area contributed by atoms with Gasteiger partial charge in [-0.1, -0.05) is 6.42 Å². The Hall–Kier alpha value is -2.13. The van der Waals surface area contributed by atoms with Crippen LogP contribution in [-0.2, 0) is 11.2 Å². The first kappa shape index (κ1) is 17.7. The van der Waals surface area contributed by atoms with Gasteiger partial charge in [-0.05, 0) is 50.8 Å². The molecule has 25 heavy (non-hydrogen) atoms. The first-order chi connectivity index (χ1) is 12.0. The average Bonchev–Trinajstić information content (AvgIpc) is 2.61. The largest absolute Gasteiger partial charge is 0.340 e. The second kappa shape index (κ2) is 7.40. The Labute approximate surface area is 148 Å². The van der Waals surface area contributed by atoms with Gasteiger partial charge in [0.15, 0.2) is 0 Å². The van der Waals surface area contributed by atoms with E-state index in [9.17, 15) is 9.59 Å². The van der Waals surface area contributed by atoms with Crippen LogP contribution < -0.4 is 5.56 Å². The van der Waals surface area contributed by atoms with Crippen molar-refractivity contribution in [2.24, 2.45) is 0 Å². The van der Waals surface area contributed by atoms with Crippen molar-refractivity contribution in [3.63, 3.8) is 0 Å². The Kier molecular flexibility index (Phi) is 5.24. The maximum Gasteiger partial charge on any atom is 0.266 e. The minimum absolute atomic E-state index is 0.156. The lowest BCUT2D eigenvalue weighted by molar-refractivity contribution is -0.134. The van der Waals surface area contributed by atoms with Gasteiger partial charge in [0.25, 0.3) is 5.56 Å². The molecule has 134 valence electrons. The van der Waals surface area contributed by atoms with Crippen molar-refractivity contribution in [1.82, 2.24) is 14.8 Å². The molecule has 1 atom stereocenters. The highest BCUT2D eigenvalue weighted by molar-refractivity contribution is 5.76. The fourth-order valence-corrected chi connectivity index (χ4v) is 4.19. The number of H-pyrrole nitrogens is 1. The van der Waals surface area contributed by atoms with Crippen LogP contribution in [0.3, 0.4) is 0 Å². The molecule has 0 spiro atoms. The average molecular weight is 342 g/mol. The normalized spacial score (nSPS) is 20.8. The number of carbonyl (C=O) groups excluding carboxylic acids is 1. The Morgan fingerprint density at radius 1 is 1.28 bits per heavy atom. The number of nitrogens with one attached hydrogen (secondary N) is 1. The third-order valence-corrected chi connectivity index (χ3v) is 5.70. The zero-order chi connectivity index (χ0) is 18.0. The summed E-state index contributed by atoms with van der Waals surface area (Å²) in [6.07, 6.45) is 4.71. The molecule has 2 aliphatic heterocycles. The number of amides is 1. The third kappa shape index (κ3) is 3.62. The Morgan fingerprint density at radius 2 is 2.08 bits per heavy atom. The third-order valence-electron chi connectivity index (χ3n) is 5.70. The van der Waals surface area contributed by atoms with Gasteiger partial charge in [0.05, 0.1) is 0 Å². The van der Waals surface area contributed by atoms with E-state index in [0.29, 0.717) is 24.4 Å². The van der Waals surface area contributed by atoms with Crippen molar-refractivity contribution in [3.05, 3.63) is 32.7 Å². The van der Waals surface area contributed by atoms with Gasteiger partial charge in [0.2, 0.25) is 5.91 Å². The highest BCUT2D eigenvalue weighted by Gasteiger charge is 2.30. The number of hydrogen-bond acceptors (Lipinski definition) is 4. The van der Waals surface area contributed by atoms with Gasteiger partial charge in [0.1, 0.15) is 11.6 Å². The van der Waals surface area contributed by atoms with Crippen molar-refractivity contribution in [3.8, 4) is 6.07 Å². The van der Waals surface area contributed by atoms with Gasteiger partial charge in [-0.25, -0.2) is 0 Å². The number of aryl methyl sites for hydroxylation is 1. The topological polar surface area (TPSA) is 80.2 Å². The van der Waals surface area contributed by atoms with Crippen LogP contribution in [-0.4, -0.2) is 52.9 Å². The van der Waals surface area contributed by atoms with E-state index < -0.39 is 0 Å². The maximum absolute atomic E-state index is 12.7. The molecule has 0 saturated carbocycles. The number of rotatable bonds is 3. The zero-order valence-electron chi connectivity index (χ0n) is 15.1. The van der Waals surface area contributed by atoms with E-state index in [1.165, 1.54) is 25.8 Å². The second-order valence-corrected chi connectivity index (χ2v) is 7.19. The van der Waals surface area contributed by atoms with Crippen LogP contribution in [0, 0.1) is 25.2 Å². The highest BCUT2D eigenvalue weighted by atomic mass is 16.2. The summed E-state index contributed by atoms with van der Waals surface area (Å²) >= 11 is 0. The summed E-state index contributed by atoms with van der Waals surface area (Å²) in [5.74, 6) is 0.175. The van der Waals surface area contributed by atoms with E-state index in [1.54, 1.807) is 6.92 Å². The molecule has 0 radical (unpaired) electrons. The molecule has 1 amide bonds. The molecule has 6 nitrogen and oxygen atoms in total. The summed E-state index contributed by atoms with van der Waals surface area (Å²) in [4.78, 5) is 31.7. The molecular weight excluding hydrogens is 316 g/mol. The van der Waals surface area contributed by atoms with Gasteiger partial charge in [-0.15, -0.1) is 0 Å². The summed E-state index contributed by atoms with van der Waals surface area (Å²) in [6, 6.07) is 2.49. The number of nitriles is 1. The predicted octanol–water partition coefficient (Wildman–Crippen LogP) is 1.49. The molecule has 3 rings (SSSR count). The quantitative estimate of drug-likeness (QED) is 0.902. The molecule has 2 fully saturated rings. The van der Waals surface area contributed by atoms with Crippen molar-refractivity contribution in [2.75, 3.05) is 26.2 Å². The fourth-order valence-electron chi connectivity index (χ4n) is 4.19. The number of pyridine rings is 1. The van der Waals surface area contributed by atoms with Crippen molar-refractivity contribution in [2.45, 2.75) is 52.0 Å². The first-order valence-electron chi connectivity index (χ1n) is 9.15. The van der Waals surface area contributed by atoms with Crippen LogP contribution in [0.25, 0.3) is 0 Å². The molecule has 3 heterocycles. The minimum Gasteiger partial charge on any atom is -0.340 e. The highest BCUT2D eigenvalue weighted by Crippen LogP contribution is 2.22. The SMILES string of the molecule is Cc1[nH]c(=O)c(C#N)c(C)c1CCC(=O)N1CCN2CCCC[C@@H]2C1. The van der Waals surface area contributed by atoms with Gasteiger partial charge < -0.3 is 9.88 Å². The summed E-state index contributed by atoms with van der Waals surface area (Å²) in [5.41, 5.74) is 2.19. The summed E-state index contributed by atoms with van der Waals surface area (Å²) in [7, 11) is 0. The number of fused-ring (bicyclic) bond motifs is 1. The van der Waals surface area contributed by atoms with Crippen LogP contribution in [0.1, 0.15) is 48.1 Å². The van der Waals surface area contributed by atoms with E-state index in [0.717, 1.165) is 30.9 Å². The molecule has 6 heteroatoms. The number of nitrogens with zero attached hydrogens (tertiary/aromatic N) is 3. The zero-order valence-corrected chi connectivity index (χ0v) is 15.1. The lowest BCUT2D eigenvalue weighted by atomic mass is 9.97. The lowest BCUT2D eigenvalue weighted by Crippen LogP contribution is -2.56. The first-order valence-corrected chi connectivity index (χ1v) is 9.15. The van der Waals surface area contributed by atoms with Crippen molar-refractivity contribution >= 4 is 5.91 Å². The van der Waals surface area contributed by atoms with Gasteiger partial charge in [-0.2, -0.15) is 5.26 Å². The van der Waals surface area contributed by atoms with E-state index in [2.05, 4.69) is 9.88 Å². The van der Waals surface area contributed by atoms with Crippen molar-refractivity contribution in [1.29, 1.82) is 5.26 Å².